The van der Waals surface area contributed by atoms with Gasteiger partial charge >= 0.3 is 0 Å². The van der Waals surface area contributed by atoms with Crippen LogP contribution in [0.25, 0.3) is 0 Å². The van der Waals surface area contributed by atoms with E-state index >= 15 is 0 Å². The van der Waals surface area contributed by atoms with Crippen LogP contribution in [0.15, 0.2) is 71.9 Å². The molecule has 0 bridgehead atoms. The number of nitrogens with zero attached hydrogens (tertiary/aromatic N) is 3. The van der Waals surface area contributed by atoms with Crippen molar-refractivity contribution in [2.24, 2.45) is 0 Å². The number of nitro benzene ring substituents is 1. The first-order chi connectivity index (χ1) is 14.3. The van der Waals surface area contributed by atoms with Crippen molar-refractivity contribution in [2.45, 2.75) is 17.9 Å². The molecule has 10 nitrogen and oxygen atoms in total. The van der Waals surface area contributed by atoms with Crippen molar-refractivity contribution in [3.63, 3.8) is 0 Å². The number of non-ortho nitro benzene ring substituents is 1. The first-order valence-corrected chi connectivity index (χ1v) is 10.5. The molecule has 0 unspecified atom stereocenters. The molecule has 0 fully saturated rings. The van der Waals surface area contributed by atoms with Gasteiger partial charge in [-0.15, -0.1) is 0 Å². The minimum Gasteiger partial charge on any atom is -0.352 e. The number of benzene rings is 2. The van der Waals surface area contributed by atoms with Gasteiger partial charge in [0, 0.05) is 48.9 Å². The molecule has 0 saturated heterocycles. The van der Waals surface area contributed by atoms with Crippen LogP contribution >= 0.6 is 0 Å². The lowest BCUT2D eigenvalue weighted by molar-refractivity contribution is -0.385. The monoisotopic (exact) mass is 429 g/mol. The number of amides is 1. The molecule has 0 atom stereocenters. The van der Waals surface area contributed by atoms with Crippen molar-refractivity contribution >= 4 is 27.3 Å². The van der Waals surface area contributed by atoms with Crippen LogP contribution < -0.4 is 10.0 Å². The molecule has 2 N–H and O–H groups in total. The fraction of sp³-hybridized carbons (Fsp3) is 0.158. The Labute approximate surface area is 172 Å². The van der Waals surface area contributed by atoms with Gasteiger partial charge in [0.05, 0.1) is 9.82 Å². The zero-order valence-electron chi connectivity index (χ0n) is 15.8. The van der Waals surface area contributed by atoms with Crippen molar-refractivity contribution in [1.82, 2.24) is 15.1 Å². The van der Waals surface area contributed by atoms with Gasteiger partial charge in [-0.05, 0) is 42.8 Å². The number of sulfonamides is 1. The number of hydrogen-bond acceptors (Lipinski definition) is 6. The smallest absolute Gasteiger partial charge is 0.270 e. The van der Waals surface area contributed by atoms with E-state index in [0.717, 1.165) is 6.07 Å². The molecule has 2 aromatic carbocycles. The highest BCUT2D eigenvalue weighted by atomic mass is 32.2. The Hall–Kier alpha value is -3.73. The summed E-state index contributed by atoms with van der Waals surface area (Å²) in [5, 5.41) is 17.7. The topological polar surface area (TPSA) is 136 Å². The summed E-state index contributed by atoms with van der Waals surface area (Å²) in [5.74, 6) is -0.274. The van der Waals surface area contributed by atoms with Crippen molar-refractivity contribution in [3.8, 4) is 0 Å². The third kappa shape index (κ3) is 5.41. The van der Waals surface area contributed by atoms with Crippen molar-refractivity contribution in [1.29, 1.82) is 0 Å². The zero-order chi connectivity index (χ0) is 21.6. The van der Waals surface area contributed by atoms with Gasteiger partial charge in [-0.25, -0.2) is 8.42 Å². The molecular weight excluding hydrogens is 410 g/mol. The summed E-state index contributed by atoms with van der Waals surface area (Å²) in [6.07, 6.45) is 4.25. The van der Waals surface area contributed by atoms with E-state index in [4.69, 9.17) is 0 Å². The summed E-state index contributed by atoms with van der Waals surface area (Å²) in [6, 6.07) is 12.5. The Bertz CT molecular complexity index is 1130. The third-order valence-corrected chi connectivity index (χ3v) is 5.53. The molecule has 3 aromatic rings. The molecule has 156 valence electrons. The lowest BCUT2D eigenvalue weighted by Crippen LogP contribution is -2.25. The second-order valence-corrected chi connectivity index (χ2v) is 8.00. The van der Waals surface area contributed by atoms with Crippen molar-refractivity contribution in [3.05, 3.63) is 82.7 Å². The summed E-state index contributed by atoms with van der Waals surface area (Å²) < 4.78 is 29.0. The fourth-order valence-electron chi connectivity index (χ4n) is 2.65. The van der Waals surface area contributed by atoms with Gasteiger partial charge < -0.3 is 5.32 Å². The second-order valence-electron chi connectivity index (χ2n) is 6.32. The molecule has 3 rings (SSSR count). The minimum absolute atomic E-state index is 0.226. The zero-order valence-corrected chi connectivity index (χ0v) is 16.6. The van der Waals surface area contributed by atoms with Crippen molar-refractivity contribution in [2.75, 3.05) is 11.3 Å². The minimum atomic E-state index is -4.00. The first kappa shape index (κ1) is 21.0. The Kier molecular flexibility index (Phi) is 6.42. The van der Waals surface area contributed by atoms with Crippen molar-refractivity contribution < 1.29 is 18.1 Å². The number of hydrogen-bond donors (Lipinski definition) is 2. The molecule has 0 aliphatic carbocycles. The van der Waals surface area contributed by atoms with Crippen LogP contribution in [0, 0.1) is 10.1 Å². The predicted octanol–water partition coefficient (Wildman–Crippen LogP) is 2.41. The number of carbonyl (C=O) groups excluding carboxylic acids is 1. The van der Waals surface area contributed by atoms with E-state index in [2.05, 4.69) is 15.1 Å². The number of anilines is 1. The standard InChI is InChI=1S/C19H19N5O5S/c25-19(20-10-2-12-23-13-3-11-21-23)15-6-8-16(9-7-15)22-30(28,29)18-5-1-4-17(14-18)24(26)27/h1,3-9,11,13-14,22H,2,10,12H2,(H,20,25). The van der Waals surface area contributed by atoms with Crippen LogP contribution in [-0.2, 0) is 16.6 Å². The maximum atomic E-state index is 12.4. The van der Waals surface area contributed by atoms with E-state index in [1.54, 1.807) is 10.9 Å². The van der Waals surface area contributed by atoms with E-state index in [9.17, 15) is 23.3 Å². The Balaban J connectivity index is 1.57. The van der Waals surface area contributed by atoms with Gasteiger partial charge in [0.1, 0.15) is 0 Å². The molecular formula is C19H19N5O5S. The number of nitrogens with one attached hydrogen (secondary N) is 2. The predicted molar refractivity (Wildman–Crippen MR) is 110 cm³/mol. The molecule has 0 radical (unpaired) electrons. The number of aryl methyl sites for hydroxylation is 1. The summed E-state index contributed by atoms with van der Waals surface area (Å²) in [7, 11) is -4.00. The summed E-state index contributed by atoms with van der Waals surface area (Å²) >= 11 is 0. The maximum absolute atomic E-state index is 12.4. The van der Waals surface area contributed by atoms with Gasteiger partial charge in [0.25, 0.3) is 21.6 Å². The van der Waals surface area contributed by atoms with Crippen LogP contribution in [0.1, 0.15) is 16.8 Å². The second kappa shape index (κ2) is 9.18. The molecule has 11 heteroatoms. The summed E-state index contributed by atoms with van der Waals surface area (Å²) in [4.78, 5) is 22.1. The highest BCUT2D eigenvalue weighted by Crippen LogP contribution is 2.20. The Morgan fingerprint density at radius 1 is 1.13 bits per heavy atom. The van der Waals surface area contributed by atoms with Gasteiger partial charge in [0.15, 0.2) is 0 Å². The van der Waals surface area contributed by atoms with Crippen LogP contribution in [0.3, 0.4) is 0 Å². The van der Waals surface area contributed by atoms with Crippen LogP contribution in [0.5, 0.6) is 0 Å². The van der Waals surface area contributed by atoms with Crippen LogP contribution in [0.4, 0.5) is 11.4 Å². The summed E-state index contributed by atoms with van der Waals surface area (Å²) in [6.45, 7) is 1.16. The quantitative estimate of drug-likeness (QED) is 0.304. The van der Waals surface area contributed by atoms with Gasteiger partial charge in [-0.1, -0.05) is 6.07 Å². The highest BCUT2D eigenvalue weighted by Gasteiger charge is 2.18. The van der Waals surface area contributed by atoms with Crippen LogP contribution in [-0.4, -0.2) is 35.6 Å². The molecule has 0 aliphatic heterocycles. The molecule has 30 heavy (non-hydrogen) atoms. The molecule has 0 spiro atoms. The van der Waals surface area contributed by atoms with Crippen LogP contribution in [0.2, 0.25) is 0 Å². The SMILES string of the molecule is O=C(NCCCn1cccn1)c1ccc(NS(=O)(=O)c2cccc([N+](=O)[O-])c2)cc1. The normalized spacial score (nSPS) is 11.1. The molecule has 0 aliphatic rings. The van der Waals surface area contributed by atoms with Gasteiger partial charge in [-0.3, -0.25) is 24.3 Å². The lowest BCUT2D eigenvalue weighted by atomic mass is 10.2. The number of rotatable bonds is 9. The molecule has 1 amide bonds. The molecule has 0 saturated carbocycles. The average molecular weight is 429 g/mol. The number of aromatic nitrogens is 2. The fourth-order valence-corrected chi connectivity index (χ4v) is 3.74. The molecule has 1 heterocycles. The lowest BCUT2D eigenvalue weighted by Gasteiger charge is -2.09. The average Bonchev–Trinajstić information content (AvgIpc) is 3.25. The Morgan fingerprint density at radius 3 is 2.57 bits per heavy atom. The van der Waals surface area contributed by atoms with E-state index in [1.165, 1.54) is 42.5 Å². The summed E-state index contributed by atoms with van der Waals surface area (Å²) in [5.41, 5.74) is 0.293. The number of nitro groups is 1. The van der Waals surface area contributed by atoms with E-state index in [1.807, 2.05) is 12.3 Å². The van der Waals surface area contributed by atoms with E-state index in [-0.39, 0.29) is 22.2 Å². The van der Waals surface area contributed by atoms with E-state index < -0.39 is 14.9 Å². The largest absolute Gasteiger partial charge is 0.352 e. The molecule has 1 aromatic heterocycles. The van der Waals surface area contributed by atoms with Gasteiger partial charge in [0.2, 0.25) is 0 Å². The first-order valence-electron chi connectivity index (χ1n) is 8.98. The Morgan fingerprint density at radius 2 is 1.90 bits per heavy atom. The third-order valence-electron chi connectivity index (χ3n) is 4.15. The highest BCUT2D eigenvalue weighted by molar-refractivity contribution is 7.92. The number of carbonyl (C=O) groups is 1. The maximum Gasteiger partial charge on any atom is 0.270 e. The van der Waals surface area contributed by atoms with E-state index in [0.29, 0.717) is 25.1 Å². The van der Waals surface area contributed by atoms with Gasteiger partial charge in [-0.2, -0.15) is 5.10 Å².